The minimum atomic E-state index is -6.17. The van der Waals surface area contributed by atoms with Crippen LogP contribution in [0.1, 0.15) is 31.7 Å². The topological polar surface area (TPSA) is 503 Å². The summed E-state index contributed by atoms with van der Waals surface area (Å²) in [4.78, 5) is 104. The number of phosphoric acid groups is 4. The van der Waals surface area contributed by atoms with E-state index in [2.05, 4.69) is 38.5 Å². The molecule has 4 aromatic rings. The number of imidazole rings is 1. The summed E-state index contributed by atoms with van der Waals surface area (Å²) in [6, 6.07) is 0. The molecule has 428 valence electrons. The van der Waals surface area contributed by atoms with E-state index in [1.165, 1.54) is 21.4 Å². The van der Waals surface area contributed by atoms with Gasteiger partial charge in [0.05, 0.1) is 44.5 Å². The van der Waals surface area contributed by atoms with Crippen LogP contribution in [0.3, 0.4) is 0 Å². The number of anilines is 4. The molecule has 0 bridgehead atoms. The molecule has 3 saturated heterocycles. The molecule has 0 saturated carbocycles. The number of aryl methyl sites for hydroxylation is 1. The first kappa shape index (κ1) is 58.7. The summed E-state index contributed by atoms with van der Waals surface area (Å²) in [5.74, 6) is -0.310. The zero-order chi connectivity index (χ0) is 56.3. The zero-order valence-corrected chi connectivity index (χ0v) is 44.6. The van der Waals surface area contributed by atoms with E-state index in [1.807, 2.05) is 0 Å². The van der Waals surface area contributed by atoms with E-state index < -0.39 is 148 Å². The minimum absolute atomic E-state index is 0.0186. The number of nitrogen functional groups attached to an aromatic ring is 2. The van der Waals surface area contributed by atoms with Crippen molar-refractivity contribution in [3.05, 3.63) is 55.6 Å². The Labute approximate surface area is 432 Å². The number of hydrogen-bond donors (Lipinski definition) is 10. The molecule has 7 unspecified atom stereocenters. The van der Waals surface area contributed by atoms with Gasteiger partial charge in [-0.2, -0.15) is 13.6 Å². The van der Waals surface area contributed by atoms with Crippen LogP contribution >= 0.6 is 31.3 Å². The number of phosphoric ester groups is 3. The molecular formula is C36H54N12O25P4. The average molecular weight is 1180 g/mol. The molecule has 37 nitrogen and oxygen atoms in total. The molecule has 12 N–H and O–H groups in total. The summed E-state index contributed by atoms with van der Waals surface area (Å²) in [7, 11) is -18.2. The van der Waals surface area contributed by atoms with Crippen molar-refractivity contribution in [2.75, 3.05) is 69.0 Å². The number of rotatable bonds is 22. The average Bonchev–Trinajstić information content (AvgIpc) is 4.18. The molecule has 0 aromatic carbocycles. The van der Waals surface area contributed by atoms with Crippen LogP contribution in [-0.2, 0) is 80.4 Å². The second-order valence-electron chi connectivity index (χ2n) is 17.7. The van der Waals surface area contributed by atoms with Crippen LogP contribution in [0, 0.1) is 0 Å². The predicted molar refractivity (Wildman–Crippen MR) is 255 cm³/mol. The monoisotopic (exact) mass is 1180 g/mol. The Hall–Kier alpha value is -4.49. The van der Waals surface area contributed by atoms with Crippen LogP contribution in [0.25, 0.3) is 11.2 Å². The van der Waals surface area contributed by atoms with Gasteiger partial charge in [-0.05, 0) is 13.8 Å². The number of hydrogen-bond acceptors (Lipinski definition) is 29. The summed E-state index contributed by atoms with van der Waals surface area (Å²) in [6.45, 7) is 0.0593. The van der Waals surface area contributed by atoms with Crippen molar-refractivity contribution in [2.24, 2.45) is 7.05 Å². The van der Waals surface area contributed by atoms with E-state index in [1.54, 1.807) is 20.9 Å². The fourth-order valence-corrected chi connectivity index (χ4v) is 13.4. The largest absolute Gasteiger partial charge is 0.490 e. The first-order valence-electron chi connectivity index (χ1n) is 22.5. The number of nitrogens with two attached hydrogens (primary N) is 2. The number of methoxy groups -OCH3 is 2. The van der Waals surface area contributed by atoms with Crippen molar-refractivity contribution in [3.8, 4) is 0 Å². The van der Waals surface area contributed by atoms with Crippen LogP contribution in [-0.4, -0.2) is 184 Å². The Kier molecular flexibility index (Phi) is 17.2. The summed E-state index contributed by atoms with van der Waals surface area (Å²) in [5.41, 5.74) is 9.41. The zero-order valence-electron chi connectivity index (χ0n) is 41.0. The van der Waals surface area contributed by atoms with Crippen LogP contribution in [0.5, 0.6) is 0 Å². The van der Waals surface area contributed by atoms with Gasteiger partial charge >= 0.3 is 37.0 Å². The summed E-state index contributed by atoms with van der Waals surface area (Å²) in [6.07, 6.45) is -15.2. The molecular weight excluding hydrogens is 1120 g/mol. The number of H-pyrrole nitrogens is 2. The van der Waals surface area contributed by atoms with Crippen molar-refractivity contribution in [2.45, 2.75) is 93.4 Å². The molecule has 0 radical (unpaired) electrons. The Balaban J connectivity index is 0.946. The normalized spacial score (nSPS) is 30.7. The fraction of sp³-hybridized carbons (Fsp3) is 0.639. The SMILES string of the molecule is CO[C@@H]1C(O)[C@H](N2CN(C)c3c2nc(N)[nH]c3=O)O[C@@H]1COP(=O)(O)OP(=O)(O)OP(=O)(O)OC[C@H]1O[C@@H](n2cnc3c(N)ncnc32)[C@@H](OC)C1OP(=O)(O)OC[C@H]1O[C@@H](c2cn(C)c(=O)[nH]c2=O)[C@@H](O)C1OC(C)C. The first-order chi connectivity index (χ1) is 36.0. The van der Waals surface area contributed by atoms with Gasteiger partial charge < -0.3 is 84.0 Å². The Bertz CT molecular complexity index is 3200. The van der Waals surface area contributed by atoms with E-state index in [0.717, 1.165) is 37.6 Å². The molecule has 0 aliphatic carbocycles. The molecule has 3 fully saturated rings. The van der Waals surface area contributed by atoms with Gasteiger partial charge in [0.25, 0.3) is 11.1 Å². The van der Waals surface area contributed by atoms with E-state index in [9.17, 15) is 62.4 Å². The Morgan fingerprint density at radius 1 is 0.753 bits per heavy atom. The molecule has 16 atom stereocenters. The highest BCUT2D eigenvalue weighted by molar-refractivity contribution is 7.66. The molecule has 4 aliphatic rings. The highest BCUT2D eigenvalue weighted by atomic mass is 31.3. The Morgan fingerprint density at radius 2 is 1.35 bits per heavy atom. The maximum absolute atomic E-state index is 13.9. The third-order valence-corrected chi connectivity index (χ3v) is 17.3. The summed E-state index contributed by atoms with van der Waals surface area (Å²) < 4.78 is 119. The van der Waals surface area contributed by atoms with E-state index in [-0.39, 0.29) is 46.7 Å². The van der Waals surface area contributed by atoms with Crippen LogP contribution in [0.2, 0.25) is 0 Å². The van der Waals surface area contributed by atoms with Gasteiger partial charge in [-0.1, -0.05) is 0 Å². The van der Waals surface area contributed by atoms with Crippen LogP contribution in [0.15, 0.2) is 33.2 Å². The number of aliphatic hydroxyl groups is 2. The van der Waals surface area contributed by atoms with Crippen LogP contribution in [0.4, 0.5) is 23.3 Å². The van der Waals surface area contributed by atoms with Gasteiger partial charge in [-0.3, -0.25) is 42.2 Å². The minimum Gasteiger partial charge on any atom is -0.387 e. The number of nitrogens with one attached hydrogen (secondary N) is 2. The molecule has 8 heterocycles. The summed E-state index contributed by atoms with van der Waals surface area (Å²) in [5, 5.41) is 22.4. The quantitative estimate of drug-likeness (QED) is 0.0365. The molecule has 0 amide bonds. The van der Waals surface area contributed by atoms with Crippen LogP contribution < -0.4 is 38.1 Å². The highest BCUT2D eigenvalue weighted by Gasteiger charge is 2.54. The van der Waals surface area contributed by atoms with E-state index in [4.69, 9.17) is 58.0 Å². The lowest BCUT2D eigenvalue weighted by Crippen LogP contribution is -2.46. The molecule has 0 spiro atoms. The highest BCUT2D eigenvalue weighted by Crippen LogP contribution is 2.68. The van der Waals surface area contributed by atoms with Gasteiger partial charge in [0.15, 0.2) is 29.7 Å². The molecule has 4 aliphatic heterocycles. The second-order valence-corrected chi connectivity index (χ2v) is 23.8. The number of ether oxygens (including phenoxy) is 6. The van der Waals surface area contributed by atoms with Gasteiger partial charge in [-0.25, -0.2) is 38.0 Å². The Morgan fingerprint density at radius 3 is 1.97 bits per heavy atom. The van der Waals surface area contributed by atoms with Crippen molar-refractivity contribution in [1.82, 2.24) is 39.0 Å². The van der Waals surface area contributed by atoms with Crippen molar-refractivity contribution >= 4 is 65.7 Å². The lowest BCUT2D eigenvalue weighted by molar-refractivity contribution is -0.0802. The van der Waals surface area contributed by atoms with Gasteiger partial charge in [0, 0.05) is 34.5 Å². The predicted octanol–water partition coefficient (Wildman–Crippen LogP) is -2.45. The molecule has 77 heavy (non-hydrogen) atoms. The smallest absolute Gasteiger partial charge is 0.387 e. The number of nitrogens with zero attached hydrogens (tertiary/aromatic N) is 8. The van der Waals surface area contributed by atoms with Crippen molar-refractivity contribution in [1.29, 1.82) is 0 Å². The third-order valence-electron chi connectivity index (χ3n) is 12.1. The molecule has 4 aromatic heterocycles. The fourth-order valence-electron chi connectivity index (χ4n) is 8.89. The lowest BCUT2D eigenvalue weighted by atomic mass is 10.0. The third kappa shape index (κ3) is 12.6. The number of aromatic amines is 2. The van der Waals surface area contributed by atoms with Gasteiger partial charge in [-0.15, -0.1) is 0 Å². The van der Waals surface area contributed by atoms with E-state index in [0.29, 0.717) is 0 Å². The summed E-state index contributed by atoms with van der Waals surface area (Å²) >= 11 is 0. The lowest BCUT2D eigenvalue weighted by Gasteiger charge is -2.27. The first-order valence-corrected chi connectivity index (χ1v) is 28.5. The molecule has 8 rings (SSSR count). The van der Waals surface area contributed by atoms with Crippen molar-refractivity contribution < 1.29 is 103 Å². The number of fused-ring (bicyclic) bond motifs is 2. The molecule has 41 heteroatoms. The van der Waals surface area contributed by atoms with Crippen molar-refractivity contribution in [3.63, 3.8) is 0 Å². The van der Waals surface area contributed by atoms with Gasteiger partial charge in [0.2, 0.25) is 5.95 Å². The van der Waals surface area contributed by atoms with E-state index >= 15 is 0 Å². The maximum Gasteiger partial charge on any atom is 0.490 e. The number of aliphatic hydroxyl groups excluding tert-OH is 2. The maximum atomic E-state index is 13.9. The second kappa shape index (κ2) is 22.6. The van der Waals surface area contributed by atoms with Gasteiger partial charge in [0.1, 0.15) is 78.6 Å². The number of aromatic nitrogens is 8. The standard InChI is InChI=1S/C36H54N12O25P4/c1-14(2)67-25-17(68-23(21(25)49)15-7-45(3)36(53)44-31(15)51)9-64-74(54,55)71-26-18(70-34(27(26)63-6)47-12-41-19-28(37)39-11-40-29(19)47)10-66-76(58,59)73-77(60,61)72-75(56,57)65-8-16-24(62-5)22(50)33(69-16)48-13-46(4)20-30(48)42-35(38)43-32(20)52/h7,11-12,14,16-18,21-27,33-34,49-50H,8-10,13H2,1-6H3,(H,54,55)(H,56,57)(H,58,59)(H,60,61)(H2,37,39,40)(H,44,51,53)(H3,38,42,43,52)/t16-,17-,18-,21-,22?,23+,24+,25?,26?,27+,33-,34-/m1/s1.